The lowest BCUT2D eigenvalue weighted by atomic mass is 9.96. The van der Waals surface area contributed by atoms with Gasteiger partial charge in [-0.3, -0.25) is 4.79 Å². The van der Waals surface area contributed by atoms with Gasteiger partial charge >= 0.3 is 5.97 Å². The standard InChI is InChI=1S/C21H20N2O5S/c1-23(16-10-11-29(26,27)14-16)20(24)13-28-21(25)19-9-5-4-8-18(19)17-7-3-2-6-15(17)12-22/h2-9,16H,10-11,13-14H2,1H3/t16-/m1/s1. The van der Waals surface area contributed by atoms with E-state index in [1.807, 2.05) is 0 Å². The van der Waals surface area contributed by atoms with E-state index in [0.29, 0.717) is 23.1 Å². The van der Waals surface area contributed by atoms with E-state index in [0.717, 1.165) is 0 Å². The number of rotatable bonds is 5. The first-order valence-corrected chi connectivity index (χ1v) is 10.9. The van der Waals surface area contributed by atoms with Crippen LogP contribution in [-0.4, -0.2) is 56.4 Å². The SMILES string of the molecule is CN(C(=O)COC(=O)c1ccccc1-c1ccccc1C#N)[C@@H]1CCS(=O)(=O)C1. The quantitative estimate of drug-likeness (QED) is 0.696. The van der Waals surface area contributed by atoms with Gasteiger partial charge in [-0.15, -0.1) is 0 Å². The summed E-state index contributed by atoms with van der Waals surface area (Å²) in [5.74, 6) is -1.16. The molecular formula is C21H20N2O5S. The van der Waals surface area contributed by atoms with Crippen LogP contribution in [0.3, 0.4) is 0 Å². The summed E-state index contributed by atoms with van der Waals surface area (Å²) in [6, 6.07) is 15.3. The molecule has 150 valence electrons. The molecule has 2 aromatic rings. The number of carbonyl (C=O) groups is 2. The second kappa shape index (κ2) is 8.45. The summed E-state index contributed by atoms with van der Waals surface area (Å²) in [5.41, 5.74) is 1.81. The molecular weight excluding hydrogens is 392 g/mol. The van der Waals surface area contributed by atoms with Crippen molar-refractivity contribution in [1.82, 2.24) is 4.90 Å². The van der Waals surface area contributed by atoms with Gasteiger partial charge in [0.15, 0.2) is 16.4 Å². The van der Waals surface area contributed by atoms with Crippen molar-refractivity contribution in [2.75, 3.05) is 25.2 Å². The molecule has 1 saturated heterocycles. The third-order valence-corrected chi connectivity index (χ3v) is 6.71. The zero-order valence-corrected chi connectivity index (χ0v) is 16.7. The second-order valence-electron chi connectivity index (χ2n) is 6.84. The van der Waals surface area contributed by atoms with Crippen LogP contribution in [0, 0.1) is 11.3 Å². The molecule has 0 N–H and O–H groups in total. The number of hydrogen-bond donors (Lipinski definition) is 0. The fourth-order valence-corrected chi connectivity index (χ4v) is 5.08. The molecule has 2 aromatic carbocycles. The van der Waals surface area contributed by atoms with Gasteiger partial charge < -0.3 is 9.64 Å². The van der Waals surface area contributed by atoms with Crippen LogP contribution < -0.4 is 0 Å². The summed E-state index contributed by atoms with van der Waals surface area (Å²) in [5, 5.41) is 9.33. The van der Waals surface area contributed by atoms with E-state index in [-0.39, 0.29) is 17.1 Å². The third kappa shape index (κ3) is 4.63. The van der Waals surface area contributed by atoms with Crippen molar-refractivity contribution in [3.8, 4) is 17.2 Å². The lowest BCUT2D eigenvalue weighted by Crippen LogP contribution is -2.40. The summed E-state index contributed by atoms with van der Waals surface area (Å²) in [6.45, 7) is -0.486. The van der Waals surface area contributed by atoms with Crippen LogP contribution in [0.4, 0.5) is 0 Å². The average Bonchev–Trinajstić information content (AvgIpc) is 3.10. The van der Waals surface area contributed by atoms with Crippen molar-refractivity contribution >= 4 is 21.7 Å². The predicted octanol–water partition coefficient (Wildman–Crippen LogP) is 2.03. The van der Waals surface area contributed by atoms with Crippen molar-refractivity contribution < 1.29 is 22.7 Å². The van der Waals surface area contributed by atoms with Gasteiger partial charge in [-0.2, -0.15) is 5.26 Å². The van der Waals surface area contributed by atoms with Gasteiger partial charge in [-0.25, -0.2) is 13.2 Å². The Morgan fingerprint density at radius 3 is 2.45 bits per heavy atom. The number of nitrogens with zero attached hydrogens (tertiary/aromatic N) is 2. The molecule has 0 unspecified atom stereocenters. The molecule has 3 rings (SSSR count). The Morgan fingerprint density at radius 2 is 1.79 bits per heavy atom. The first-order valence-electron chi connectivity index (χ1n) is 9.04. The van der Waals surface area contributed by atoms with Gasteiger partial charge in [0.25, 0.3) is 5.91 Å². The summed E-state index contributed by atoms with van der Waals surface area (Å²) < 4.78 is 28.4. The van der Waals surface area contributed by atoms with Crippen LogP contribution in [0.2, 0.25) is 0 Å². The Balaban J connectivity index is 1.72. The van der Waals surface area contributed by atoms with Crippen LogP contribution in [-0.2, 0) is 19.4 Å². The molecule has 0 bridgehead atoms. The fourth-order valence-electron chi connectivity index (χ4n) is 3.30. The molecule has 8 heteroatoms. The molecule has 7 nitrogen and oxygen atoms in total. The van der Waals surface area contributed by atoms with Crippen molar-refractivity contribution in [2.45, 2.75) is 12.5 Å². The number of ether oxygens (including phenoxy) is 1. The lowest BCUT2D eigenvalue weighted by Gasteiger charge is -2.23. The topological polar surface area (TPSA) is 105 Å². The minimum absolute atomic E-state index is 0.0563. The van der Waals surface area contributed by atoms with Gasteiger partial charge in [0, 0.05) is 18.7 Å². The Bertz CT molecular complexity index is 1090. The first kappa shape index (κ1) is 20.6. The number of benzene rings is 2. The molecule has 1 amide bonds. The molecule has 29 heavy (non-hydrogen) atoms. The van der Waals surface area contributed by atoms with Crippen molar-refractivity contribution in [3.05, 3.63) is 59.7 Å². The Hall–Kier alpha value is -3.18. The Labute approximate surface area is 169 Å². The van der Waals surface area contributed by atoms with Gasteiger partial charge in [0.2, 0.25) is 0 Å². The van der Waals surface area contributed by atoms with Crippen LogP contribution in [0.15, 0.2) is 48.5 Å². The highest BCUT2D eigenvalue weighted by molar-refractivity contribution is 7.91. The highest BCUT2D eigenvalue weighted by Crippen LogP contribution is 2.27. The molecule has 1 fully saturated rings. The highest BCUT2D eigenvalue weighted by Gasteiger charge is 2.33. The fraction of sp³-hybridized carbons (Fsp3) is 0.286. The third-order valence-electron chi connectivity index (χ3n) is 4.96. The summed E-state index contributed by atoms with van der Waals surface area (Å²) in [6.07, 6.45) is 0.381. The van der Waals surface area contributed by atoms with Gasteiger partial charge in [-0.05, 0) is 24.1 Å². The number of amides is 1. The lowest BCUT2D eigenvalue weighted by molar-refractivity contribution is -0.134. The van der Waals surface area contributed by atoms with Crippen LogP contribution in [0.1, 0.15) is 22.3 Å². The number of hydrogen-bond acceptors (Lipinski definition) is 6. The molecule has 0 aromatic heterocycles. The monoisotopic (exact) mass is 412 g/mol. The Morgan fingerprint density at radius 1 is 1.14 bits per heavy atom. The van der Waals surface area contributed by atoms with Crippen molar-refractivity contribution in [3.63, 3.8) is 0 Å². The van der Waals surface area contributed by atoms with Crippen molar-refractivity contribution in [2.24, 2.45) is 0 Å². The van der Waals surface area contributed by atoms with E-state index in [1.54, 1.807) is 48.5 Å². The smallest absolute Gasteiger partial charge is 0.339 e. The minimum atomic E-state index is -3.12. The molecule has 1 atom stereocenters. The normalized spacial score (nSPS) is 17.3. The van der Waals surface area contributed by atoms with Gasteiger partial charge in [-0.1, -0.05) is 36.4 Å². The average molecular weight is 412 g/mol. The van der Waals surface area contributed by atoms with Crippen LogP contribution >= 0.6 is 0 Å². The molecule has 0 radical (unpaired) electrons. The summed E-state index contributed by atoms with van der Waals surface area (Å²) in [4.78, 5) is 26.3. The molecule has 0 saturated carbocycles. The van der Waals surface area contributed by atoms with E-state index in [2.05, 4.69) is 6.07 Å². The second-order valence-corrected chi connectivity index (χ2v) is 9.07. The van der Waals surface area contributed by atoms with Gasteiger partial charge in [0.05, 0.1) is 28.7 Å². The largest absolute Gasteiger partial charge is 0.452 e. The molecule has 0 aliphatic carbocycles. The molecule has 1 aliphatic rings. The zero-order chi connectivity index (χ0) is 21.0. The van der Waals surface area contributed by atoms with Gasteiger partial charge in [0.1, 0.15) is 0 Å². The molecule has 1 aliphatic heterocycles. The number of nitriles is 1. The van der Waals surface area contributed by atoms with E-state index in [4.69, 9.17) is 4.74 Å². The van der Waals surface area contributed by atoms with E-state index in [1.165, 1.54) is 11.9 Å². The number of carbonyl (C=O) groups excluding carboxylic acids is 2. The van der Waals surface area contributed by atoms with Crippen LogP contribution in [0.25, 0.3) is 11.1 Å². The van der Waals surface area contributed by atoms with Crippen molar-refractivity contribution in [1.29, 1.82) is 5.26 Å². The number of esters is 1. The highest BCUT2D eigenvalue weighted by atomic mass is 32.2. The molecule has 0 spiro atoms. The zero-order valence-electron chi connectivity index (χ0n) is 15.9. The first-order chi connectivity index (χ1) is 13.8. The minimum Gasteiger partial charge on any atom is -0.452 e. The maximum Gasteiger partial charge on any atom is 0.339 e. The predicted molar refractivity (Wildman–Crippen MR) is 107 cm³/mol. The van der Waals surface area contributed by atoms with E-state index >= 15 is 0 Å². The van der Waals surface area contributed by atoms with E-state index < -0.39 is 34.4 Å². The maximum atomic E-state index is 12.6. The summed E-state index contributed by atoms with van der Waals surface area (Å²) in [7, 11) is -1.61. The molecule has 1 heterocycles. The number of likely N-dealkylation sites (N-methyl/N-ethyl adjacent to an activating group) is 1. The Kier molecular flexibility index (Phi) is 5.99. The number of sulfone groups is 1. The maximum absolute atomic E-state index is 12.6. The summed E-state index contributed by atoms with van der Waals surface area (Å²) >= 11 is 0. The van der Waals surface area contributed by atoms with Crippen LogP contribution in [0.5, 0.6) is 0 Å². The van der Waals surface area contributed by atoms with E-state index in [9.17, 15) is 23.3 Å².